The Balaban J connectivity index is 1.87. The summed E-state index contributed by atoms with van der Waals surface area (Å²) in [7, 11) is 3.66. The fraction of sp³-hybridized carbons (Fsp3) is 0.333. The Kier molecular flexibility index (Phi) is 7.80. The number of amides is 2. The van der Waals surface area contributed by atoms with Crippen LogP contribution in [0.25, 0.3) is 0 Å². The predicted octanol–water partition coefficient (Wildman–Crippen LogP) is 3.56. The van der Waals surface area contributed by atoms with Crippen LogP contribution in [0.4, 0.5) is 14.9 Å². The Morgan fingerprint density at radius 1 is 1.07 bits per heavy atom. The fourth-order valence-electron chi connectivity index (χ4n) is 2.64. The minimum atomic E-state index is -0.242. The molecule has 0 atom stereocenters. The van der Waals surface area contributed by atoms with E-state index in [2.05, 4.69) is 20.9 Å². The average molecular weight is 385 g/mol. The molecule has 0 saturated carbocycles. The zero-order chi connectivity index (χ0) is 20.5. The third kappa shape index (κ3) is 6.90. The first kappa shape index (κ1) is 21.2. The predicted molar refractivity (Wildman–Crippen MR) is 112 cm³/mol. The van der Waals surface area contributed by atoms with Crippen molar-refractivity contribution in [2.24, 2.45) is 4.99 Å². The van der Waals surface area contributed by atoms with E-state index in [0.717, 1.165) is 22.8 Å². The van der Waals surface area contributed by atoms with Crippen molar-refractivity contribution in [2.45, 2.75) is 33.0 Å². The molecule has 0 aliphatic rings. The summed E-state index contributed by atoms with van der Waals surface area (Å²) in [5, 5.41) is 8.89. The van der Waals surface area contributed by atoms with Crippen LogP contribution in [0.2, 0.25) is 0 Å². The molecule has 0 spiro atoms. The third-order valence-electron chi connectivity index (χ3n) is 3.99. The molecular formula is C21H28FN5O. The Labute approximate surface area is 165 Å². The number of carbonyl (C=O) groups excluding carboxylic acids is 1. The van der Waals surface area contributed by atoms with E-state index < -0.39 is 0 Å². The fourth-order valence-corrected chi connectivity index (χ4v) is 2.64. The molecule has 2 aromatic rings. The number of halogens is 1. The summed E-state index contributed by atoms with van der Waals surface area (Å²) in [4.78, 5) is 18.0. The minimum absolute atomic E-state index is 0.0853. The maximum absolute atomic E-state index is 13.0. The van der Waals surface area contributed by atoms with Gasteiger partial charge in [-0.2, -0.15) is 0 Å². The second-order valence-corrected chi connectivity index (χ2v) is 6.83. The third-order valence-corrected chi connectivity index (χ3v) is 3.99. The molecule has 0 bridgehead atoms. The van der Waals surface area contributed by atoms with Gasteiger partial charge in [-0.25, -0.2) is 9.18 Å². The number of carbonyl (C=O) groups is 1. The van der Waals surface area contributed by atoms with E-state index in [0.29, 0.717) is 13.1 Å². The minimum Gasteiger partial charge on any atom is -0.352 e. The number of hydrogen-bond acceptors (Lipinski definition) is 2. The molecule has 150 valence electrons. The molecule has 7 heteroatoms. The van der Waals surface area contributed by atoms with Crippen molar-refractivity contribution >= 4 is 17.7 Å². The maximum atomic E-state index is 13.0. The highest BCUT2D eigenvalue weighted by molar-refractivity contribution is 5.89. The van der Waals surface area contributed by atoms with Gasteiger partial charge in [-0.15, -0.1) is 0 Å². The molecule has 0 radical (unpaired) electrons. The first-order valence-corrected chi connectivity index (χ1v) is 9.20. The Morgan fingerprint density at radius 2 is 1.68 bits per heavy atom. The van der Waals surface area contributed by atoms with E-state index in [1.54, 1.807) is 19.2 Å². The SMILES string of the molecule is CN=C(NCc1ccc(NC(=O)NC(C)C)cc1)N(C)Cc1ccc(F)cc1. The number of nitrogens with one attached hydrogen (secondary N) is 3. The molecule has 0 fully saturated rings. The van der Waals surface area contributed by atoms with Crippen LogP contribution >= 0.6 is 0 Å². The average Bonchev–Trinajstić information content (AvgIpc) is 2.64. The molecule has 0 heterocycles. The van der Waals surface area contributed by atoms with E-state index >= 15 is 0 Å². The smallest absolute Gasteiger partial charge is 0.319 e. The molecule has 28 heavy (non-hydrogen) atoms. The number of urea groups is 1. The van der Waals surface area contributed by atoms with Crippen LogP contribution in [0.1, 0.15) is 25.0 Å². The lowest BCUT2D eigenvalue weighted by Crippen LogP contribution is -2.38. The molecule has 0 aromatic heterocycles. The first-order chi connectivity index (χ1) is 13.4. The van der Waals surface area contributed by atoms with Gasteiger partial charge >= 0.3 is 6.03 Å². The lowest BCUT2D eigenvalue weighted by Gasteiger charge is -2.22. The molecule has 0 aliphatic carbocycles. The molecule has 2 amide bonds. The van der Waals surface area contributed by atoms with E-state index in [4.69, 9.17) is 0 Å². The summed E-state index contributed by atoms with van der Waals surface area (Å²) >= 11 is 0. The summed E-state index contributed by atoms with van der Waals surface area (Å²) in [6, 6.07) is 13.9. The van der Waals surface area contributed by atoms with Crippen LogP contribution in [-0.2, 0) is 13.1 Å². The van der Waals surface area contributed by atoms with Gasteiger partial charge in [-0.3, -0.25) is 4.99 Å². The molecule has 0 saturated heterocycles. The van der Waals surface area contributed by atoms with E-state index in [9.17, 15) is 9.18 Å². The highest BCUT2D eigenvalue weighted by atomic mass is 19.1. The van der Waals surface area contributed by atoms with Crippen LogP contribution in [0.3, 0.4) is 0 Å². The Morgan fingerprint density at radius 3 is 2.25 bits per heavy atom. The molecule has 0 unspecified atom stereocenters. The van der Waals surface area contributed by atoms with Crippen LogP contribution in [0.5, 0.6) is 0 Å². The number of nitrogens with zero attached hydrogens (tertiary/aromatic N) is 2. The summed E-state index contributed by atoms with van der Waals surface area (Å²) in [5.41, 5.74) is 2.80. The number of hydrogen-bond donors (Lipinski definition) is 3. The standard InChI is InChI=1S/C21H28FN5O/c1-15(2)25-21(28)26-19-11-7-16(8-12-19)13-24-20(23-3)27(4)14-17-5-9-18(22)10-6-17/h5-12,15H,13-14H2,1-4H3,(H,23,24)(H2,25,26,28). The monoisotopic (exact) mass is 385 g/mol. The summed E-state index contributed by atoms with van der Waals surface area (Å²) in [5.74, 6) is 0.497. The van der Waals surface area contributed by atoms with Gasteiger partial charge in [0.05, 0.1) is 0 Å². The second kappa shape index (κ2) is 10.3. The topological polar surface area (TPSA) is 68.8 Å². The van der Waals surface area contributed by atoms with Crippen molar-refractivity contribution in [2.75, 3.05) is 19.4 Å². The zero-order valence-corrected chi connectivity index (χ0v) is 16.8. The van der Waals surface area contributed by atoms with Gasteiger partial charge in [0, 0.05) is 38.9 Å². The largest absolute Gasteiger partial charge is 0.352 e. The van der Waals surface area contributed by atoms with Crippen LogP contribution in [-0.4, -0.2) is 37.0 Å². The van der Waals surface area contributed by atoms with Crippen LogP contribution < -0.4 is 16.0 Å². The van der Waals surface area contributed by atoms with Crippen molar-refractivity contribution in [3.63, 3.8) is 0 Å². The highest BCUT2D eigenvalue weighted by Crippen LogP contribution is 2.10. The van der Waals surface area contributed by atoms with E-state index in [1.165, 1.54) is 12.1 Å². The van der Waals surface area contributed by atoms with Gasteiger partial charge in [0.1, 0.15) is 5.82 Å². The van der Waals surface area contributed by atoms with Crippen molar-refractivity contribution in [1.29, 1.82) is 0 Å². The van der Waals surface area contributed by atoms with Crippen LogP contribution in [0.15, 0.2) is 53.5 Å². The van der Waals surface area contributed by atoms with Gasteiger partial charge in [0.25, 0.3) is 0 Å². The van der Waals surface area contributed by atoms with Gasteiger partial charge in [0.15, 0.2) is 5.96 Å². The number of anilines is 1. The van der Waals surface area contributed by atoms with Crippen LogP contribution in [0, 0.1) is 5.82 Å². The Hall–Kier alpha value is -3.09. The van der Waals surface area contributed by atoms with Crippen molar-refractivity contribution in [3.8, 4) is 0 Å². The lowest BCUT2D eigenvalue weighted by molar-refractivity contribution is 0.250. The molecule has 2 rings (SSSR count). The number of benzene rings is 2. The zero-order valence-electron chi connectivity index (χ0n) is 16.8. The van der Waals surface area contributed by atoms with Gasteiger partial charge in [0.2, 0.25) is 0 Å². The summed E-state index contributed by atoms with van der Waals surface area (Å²) < 4.78 is 13.0. The molecule has 0 aliphatic heterocycles. The van der Waals surface area contributed by atoms with E-state index in [1.807, 2.05) is 50.1 Å². The molecule has 3 N–H and O–H groups in total. The number of guanidine groups is 1. The molecule has 6 nitrogen and oxygen atoms in total. The normalized spacial score (nSPS) is 11.3. The van der Waals surface area contributed by atoms with Gasteiger partial charge in [-0.1, -0.05) is 24.3 Å². The first-order valence-electron chi connectivity index (χ1n) is 9.20. The highest BCUT2D eigenvalue weighted by Gasteiger charge is 2.07. The lowest BCUT2D eigenvalue weighted by atomic mass is 10.2. The van der Waals surface area contributed by atoms with Crippen molar-refractivity contribution in [1.82, 2.24) is 15.5 Å². The van der Waals surface area contributed by atoms with Gasteiger partial charge in [-0.05, 0) is 49.2 Å². The number of rotatable bonds is 6. The molecular weight excluding hydrogens is 357 g/mol. The van der Waals surface area contributed by atoms with Crippen molar-refractivity contribution in [3.05, 3.63) is 65.5 Å². The second-order valence-electron chi connectivity index (χ2n) is 6.83. The van der Waals surface area contributed by atoms with E-state index in [-0.39, 0.29) is 17.9 Å². The summed E-state index contributed by atoms with van der Waals surface area (Å²) in [6.45, 7) is 5.04. The number of aliphatic imine (C=N–C) groups is 1. The summed E-state index contributed by atoms with van der Waals surface area (Å²) in [6.07, 6.45) is 0. The molecule has 2 aromatic carbocycles. The van der Waals surface area contributed by atoms with Crippen molar-refractivity contribution < 1.29 is 9.18 Å². The Bertz CT molecular complexity index is 787. The van der Waals surface area contributed by atoms with Gasteiger partial charge < -0.3 is 20.9 Å². The quantitative estimate of drug-likeness (QED) is 0.526. The maximum Gasteiger partial charge on any atom is 0.319 e.